The molecule has 0 saturated carbocycles. The van der Waals surface area contributed by atoms with E-state index < -0.39 is 29.7 Å². The molecule has 0 fully saturated rings. The van der Waals surface area contributed by atoms with Gasteiger partial charge in [0.15, 0.2) is 0 Å². The zero-order chi connectivity index (χ0) is 18.8. The Kier molecular flexibility index (Phi) is 4.72. The third kappa shape index (κ3) is 3.29. The van der Waals surface area contributed by atoms with Crippen LogP contribution in [-0.4, -0.2) is 28.5 Å². The molecule has 0 spiro atoms. The molecule has 0 bridgehead atoms. The van der Waals surface area contributed by atoms with Crippen LogP contribution >= 0.6 is 11.3 Å². The van der Waals surface area contributed by atoms with Crippen molar-refractivity contribution in [1.29, 1.82) is 0 Å². The number of para-hydroxylation sites is 1. The molecular formula is C17H15N3O5S. The van der Waals surface area contributed by atoms with Crippen LogP contribution in [0.2, 0.25) is 0 Å². The number of esters is 1. The van der Waals surface area contributed by atoms with Crippen molar-refractivity contribution in [1.82, 2.24) is 9.55 Å². The minimum Gasteiger partial charge on any atom is -0.465 e. The normalized spacial score (nSPS) is 10.7. The molecule has 0 radical (unpaired) electrons. The molecule has 134 valence electrons. The number of aryl methyl sites for hydroxylation is 1. The average Bonchev–Trinajstić information content (AvgIpc) is 2.98. The number of amides is 1. The van der Waals surface area contributed by atoms with E-state index >= 15 is 0 Å². The molecule has 8 nitrogen and oxygen atoms in total. The maximum Gasteiger partial charge on any atom is 0.339 e. The van der Waals surface area contributed by atoms with Gasteiger partial charge >= 0.3 is 11.7 Å². The molecule has 0 unspecified atom stereocenters. The molecule has 0 aliphatic carbocycles. The van der Waals surface area contributed by atoms with E-state index in [0.717, 1.165) is 9.44 Å². The molecule has 1 aromatic carbocycles. The summed E-state index contributed by atoms with van der Waals surface area (Å²) in [5, 5.41) is 2.89. The minimum absolute atomic E-state index is 0.175. The number of aromatic nitrogens is 2. The number of carbonyl (C=O) groups is 2. The van der Waals surface area contributed by atoms with Crippen LogP contribution < -0.4 is 16.6 Å². The summed E-state index contributed by atoms with van der Waals surface area (Å²) in [4.78, 5) is 52.6. The van der Waals surface area contributed by atoms with E-state index in [9.17, 15) is 19.2 Å². The van der Waals surface area contributed by atoms with Crippen LogP contribution in [0.25, 0.3) is 10.2 Å². The molecule has 1 amide bonds. The summed E-state index contributed by atoms with van der Waals surface area (Å²) >= 11 is 1.30. The van der Waals surface area contributed by atoms with E-state index in [-0.39, 0.29) is 11.3 Å². The Morgan fingerprint density at radius 2 is 2.00 bits per heavy atom. The first-order chi connectivity index (χ1) is 12.4. The summed E-state index contributed by atoms with van der Waals surface area (Å²) in [6.45, 7) is 1.34. The van der Waals surface area contributed by atoms with Crippen LogP contribution in [0.1, 0.15) is 15.2 Å². The highest BCUT2D eigenvalue weighted by molar-refractivity contribution is 7.18. The van der Waals surface area contributed by atoms with Crippen LogP contribution in [-0.2, 0) is 16.1 Å². The van der Waals surface area contributed by atoms with Gasteiger partial charge in [-0.25, -0.2) is 9.59 Å². The van der Waals surface area contributed by atoms with E-state index in [1.54, 1.807) is 18.2 Å². The molecule has 3 aromatic rings. The van der Waals surface area contributed by atoms with Crippen molar-refractivity contribution in [3.05, 3.63) is 61.6 Å². The summed E-state index contributed by atoms with van der Waals surface area (Å²) < 4.78 is 5.49. The lowest BCUT2D eigenvalue weighted by Crippen LogP contribution is -2.38. The summed E-state index contributed by atoms with van der Waals surface area (Å²) in [5.41, 5.74) is -0.792. The smallest absolute Gasteiger partial charge is 0.339 e. The number of benzene rings is 1. The number of H-pyrrole nitrogens is 1. The number of carbonyl (C=O) groups excluding carboxylic acids is 2. The van der Waals surface area contributed by atoms with Gasteiger partial charge in [0.1, 0.15) is 11.4 Å². The molecule has 2 aromatic heterocycles. The Bertz CT molecular complexity index is 1130. The zero-order valence-corrected chi connectivity index (χ0v) is 14.8. The number of aromatic amines is 1. The minimum atomic E-state index is -0.666. The first-order valence-electron chi connectivity index (χ1n) is 7.61. The quantitative estimate of drug-likeness (QED) is 0.673. The van der Waals surface area contributed by atoms with Crippen molar-refractivity contribution >= 4 is 39.1 Å². The second-order valence-corrected chi connectivity index (χ2v) is 6.76. The number of fused-ring (bicyclic) bond motifs is 1. The number of thiophene rings is 1. The lowest BCUT2D eigenvalue weighted by Gasteiger charge is -2.10. The van der Waals surface area contributed by atoms with Gasteiger partial charge in [-0.15, -0.1) is 11.3 Å². The van der Waals surface area contributed by atoms with Crippen LogP contribution in [0.4, 0.5) is 5.69 Å². The number of hydrogen-bond donors (Lipinski definition) is 2. The third-order valence-corrected chi connectivity index (χ3v) is 4.67. The van der Waals surface area contributed by atoms with Gasteiger partial charge in [-0.2, -0.15) is 0 Å². The second-order valence-electron chi connectivity index (χ2n) is 5.51. The van der Waals surface area contributed by atoms with E-state index in [1.165, 1.54) is 30.6 Å². The number of ether oxygens (including phenoxy) is 1. The molecule has 2 N–H and O–H groups in total. The van der Waals surface area contributed by atoms with E-state index in [4.69, 9.17) is 0 Å². The van der Waals surface area contributed by atoms with Crippen molar-refractivity contribution in [2.24, 2.45) is 0 Å². The van der Waals surface area contributed by atoms with E-state index in [2.05, 4.69) is 15.0 Å². The van der Waals surface area contributed by atoms with E-state index in [1.807, 2.05) is 6.92 Å². The second kappa shape index (κ2) is 6.96. The SMILES string of the molecule is COC(=O)c1ccccc1NC(=O)Cn1c(=O)[nH]c2sc(C)cc2c1=O. The van der Waals surface area contributed by atoms with Gasteiger partial charge in [0.05, 0.1) is 23.7 Å². The van der Waals surface area contributed by atoms with Gasteiger partial charge in [0.2, 0.25) is 5.91 Å². The van der Waals surface area contributed by atoms with Crippen molar-refractivity contribution in [2.45, 2.75) is 13.5 Å². The standard InChI is InChI=1S/C17H15N3O5S/c1-9-7-11-14(26-9)19-17(24)20(15(11)22)8-13(21)18-12-6-4-3-5-10(12)16(23)25-2/h3-7H,8H2,1-2H3,(H,18,21)(H,19,24). The zero-order valence-electron chi connectivity index (χ0n) is 14.0. The Morgan fingerprint density at radius 1 is 1.27 bits per heavy atom. The van der Waals surface area contributed by atoms with Gasteiger partial charge in [-0.1, -0.05) is 12.1 Å². The molecule has 0 saturated heterocycles. The molecule has 2 heterocycles. The predicted molar refractivity (Wildman–Crippen MR) is 97.9 cm³/mol. The summed E-state index contributed by atoms with van der Waals surface area (Å²) in [6, 6.07) is 7.97. The van der Waals surface area contributed by atoms with Gasteiger partial charge < -0.3 is 10.1 Å². The predicted octanol–water partition coefficient (Wildman–Crippen LogP) is 1.49. The topological polar surface area (TPSA) is 110 Å². The first kappa shape index (κ1) is 17.6. The van der Waals surface area contributed by atoms with Crippen molar-refractivity contribution in [2.75, 3.05) is 12.4 Å². The van der Waals surface area contributed by atoms with Gasteiger partial charge in [-0.05, 0) is 25.1 Å². The van der Waals surface area contributed by atoms with Gasteiger partial charge in [0.25, 0.3) is 5.56 Å². The van der Waals surface area contributed by atoms with Crippen LogP contribution in [0.3, 0.4) is 0 Å². The monoisotopic (exact) mass is 373 g/mol. The fourth-order valence-corrected chi connectivity index (χ4v) is 3.42. The number of hydrogen-bond acceptors (Lipinski definition) is 6. The van der Waals surface area contributed by atoms with Crippen LogP contribution in [0.5, 0.6) is 0 Å². The Balaban J connectivity index is 1.90. The highest BCUT2D eigenvalue weighted by Crippen LogP contribution is 2.19. The van der Waals surface area contributed by atoms with Crippen molar-refractivity contribution < 1.29 is 14.3 Å². The lowest BCUT2D eigenvalue weighted by molar-refractivity contribution is -0.116. The molecule has 26 heavy (non-hydrogen) atoms. The molecule has 3 rings (SSSR count). The summed E-state index contributed by atoms with van der Waals surface area (Å²) in [5.74, 6) is -1.22. The number of nitrogens with one attached hydrogen (secondary N) is 2. The fourth-order valence-electron chi connectivity index (χ4n) is 2.53. The van der Waals surface area contributed by atoms with Gasteiger partial charge in [0, 0.05) is 4.88 Å². The highest BCUT2D eigenvalue weighted by Gasteiger charge is 2.16. The Morgan fingerprint density at radius 3 is 2.73 bits per heavy atom. The number of rotatable bonds is 4. The molecular weight excluding hydrogens is 358 g/mol. The molecule has 9 heteroatoms. The lowest BCUT2D eigenvalue weighted by atomic mass is 10.2. The summed E-state index contributed by atoms with van der Waals surface area (Å²) in [6.07, 6.45) is 0. The molecule has 0 atom stereocenters. The van der Waals surface area contributed by atoms with Crippen molar-refractivity contribution in [3.63, 3.8) is 0 Å². The largest absolute Gasteiger partial charge is 0.465 e. The maximum atomic E-state index is 12.5. The van der Waals surface area contributed by atoms with E-state index in [0.29, 0.717) is 10.2 Å². The van der Waals surface area contributed by atoms with Gasteiger partial charge in [-0.3, -0.25) is 19.1 Å². The number of nitrogens with zero attached hydrogens (tertiary/aromatic N) is 1. The summed E-state index contributed by atoms with van der Waals surface area (Å²) in [7, 11) is 1.23. The number of anilines is 1. The maximum absolute atomic E-state index is 12.5. The Labute approximate surface area is 151 Å². The van der Waals surface area contributed by atoms with Crippen molar-refractivity contribution in [3.8, 4) is 0 Å². The molecule has 0 aliphatic heterocycles. The highest BCUT2D eigenvalue weighted by atomic mass is 32.1. The first-order valence-corrected chi connectivity index (χ1v) is 8.43. The molecule has 0 aliphatic rings. The average molecular weight is 373 g/mol. The third-order valence-electron chi connectivity index (χ3n) is 3.70. The Hall–Kier alpha value is -3.20. The van der Waals surface area contributed by atoms with Crippen LogP contribution in [0.15, 0.2) is 39.9 Å². The fraction of sp³-hybridized carbons (Fsp3) is 0.176. The number of methoxy groups -OCH3 is 1. The van der Waals surface area contributed by atoms with Crippen LogP contribution in [0, 0.1) is 6.92 Å².